The Morgan fingerprint density at radius 1 is 1.44 bits per heavy atom. The van der Waals surface area contributed by atoms with Gasteiger partial charge in [0.25, 0.3) is 0 Å². The number of nitrogens with one attached hydrogen (secondary N) is 1. The fourth-order valence-corrected chi connectivity index (χ4v) is 2.53. The Kier molecular flexibility index (Phi) is 3.69. The minimum Gasteiger partial charge on any atom is -0.343 e. The molecule has 0 atom stereocenters. The van der Waals surface area contributed by atoms with E-state index in [1.54, 1.807) is 0 Å². The van der Waals surface area contributed by atoms with Crippen LogP contribution in [0.3, 0.4) is 0 Å². The lowest BCUT2D eigenvalue weighted by Crippen LogP contribution is -2.17. The Bertz CT molecular complexity index is 436. The third-order valence-electron chi connectivity index (χ3n) is 2.39. The molecule has 0 amide bonds. The van der Waals surface area contributed by atoms with Crippen molar-refractivity contribution in [2.75, 3.05) is 6.54 Å². The van der Waals surface area contributed by atoms with E-state index in [0.717, 1.165) is 25.3 Å². The predicted molar refractivity (Wildman–Crippen MR) is 63.5 cm³/mol. The second-order valence-corrected chi connectivity index (χ2v) is 5.17. The van der Waals surface area contributed by atoms with E-state index >= 15 is 0 Å². The van der Waals surface area contributed by atoms with Crippen molar-refractivity contribution in [3.05, 3.63) is 33.6 Å². The minimum absolute atomic E-state index is 0.755. The maximum atomic E-state index is 4.67. The van der Waals surface area contributed by atoms with Crippen LogP contribution >= 0.6 is 11.3 Å². The van der Waals surface area contributed by atoms with Crippen LogP contribution in [0.1, 0.15) is 21.1 Å². The Balaban J connectivity index is 1.74. The molecule has 2 rings (SSSR count). The van der Waals surface area contributed by atoms with Gasteiger partial charge >= 0.3 is 0 Å². The average Bonchev–Trinajstić information content (AvgIpc) is 2.84. The molecule has 0 aliphatic carbocycles. The second-order valence-electron chi connectivity index (χ2n) is 3.71. The van der Waals surface area contributed by atoms with Gasteiger partial charge in [0.15, 0.2) is 5.82 Å². The molecule has 0 radical (unpaired) electrons. The van der Waals surface area contributed by atoms with Gasteiger partial charge in [-0.05, 0) is 25.5 Å². The van der Waals surface area contributed by atoms with Gasteiger partial charge in [-0.15, -0.1) is 11.3 Å². The SMILES string of the molecule is Cc1cc(CNCCc2ncon2)c(C)s1. The molecule has 0 unspecified atom stereocenters. The number of nitrogens with zero attached hydrogens (tertiary/aromatic N) is 2. The Morgan fingerprint density at radius 2 is 2.31 bits per heavy atom. The van der Waals surface area contributed by atoms with E-state index in [0.29, 0.717) is 0 Å². The molecule has 1 N–H and O–H groups in total. The zero-order chi connectivity index (χ0) is 11.4. The van der Waals surface area contributed by atoms with Crippen LogP contribution in [-0.4, -0.2) is 16.7 Å². The van der Waals surface area contributed by atoms with E-state index in [1.807, 2.05) is 11.3 Å². The first kappa shape index (κ1) is 11.3. The normalized spacial score (nSPS) is 10.9. The third kappa shape index (κ3) is 2.90. The first-order valence-corrected chi connectivity index (χ1v) is 6.09. The number of hydrogen-bond donors (Lipinski definition) is 1. The molecular weight excluding hydrogens is 222 g/mol. The van der Waals surface area contributed by atoms with Crippen molar-refractivity contribution >= 4 is 11.3 Å². The van der Waals surface area contributed by atoms with Crippen molar-refractivity contribution in [2.24, 2.45) is 0 Å². The minimum atomic E-state index is 0.755. The highest BCUT2D eigenvalue weighted by atomic mass is 32.1. The van der Waals surface area contributed by atoms with E-state index in [9.17, 15) is 0 Å². The van der Waals surface area contributed by atoms with E-state index in [2.05, 4.69) is 39.9 Å². The van der Waals surface area contributed by atoms with E-state index < -0.39 is 0 Å². The summed E-state index contributed by atoms with van der Waals surface area (Å²) in [4.78, 5) is 6.73. The van der Waals surface area contributed by atoms with Crippen LogP contribution in [0.5, 0.6) is 0 Å². The number of aromatic nitrogens is 2. The predicted octanol–water partition coefficient (Wildman–Crippen LogP) is 2.08. The first-order valence-electron chi connectivity index (χ1n) is 5.27. The highest BCUT2D eigenvalue weighted by Crippen LogP contribution is 2.20. The summed E-state index contributed by atoms with van der Waals surface area (Å²) in [7, 11) is 0. The van der Waals surface area contributed by atoms with Gasteiger partial charge in [-0.3, -0.25) is 0 Å². The van der Waals surface area contributed by atoms with Crippen molar-refractivity contribution in [2.45, 2.75) is 26.8 Å². The Hall–Kier alpha value is -1.20. The van der Waals surface area contributed by atoms with Gasteiger partial charge in [0.2, 0.25) is 6.39 Å². The number of rotatable bonds is 5. The van der Waals surface area contributed by atoms with Crippen LogP contribution in [0.15, 0.2) is 17.0 Å². The highest BCUT2D eigenvalue weighted by Gasteiger charge is 2.02. The van der Waals surface area contributed by atoms with Crippen LogP contribution in [0, 0.1) is 13.8 Å². The molecule has 0 saturated carbocycles. The molecule has 2 heterocycles. The third-order valence-corrected chi connectivity index (χ3v) is 3.40. The lowest BCUT2D eigenvalue weighted by atomic mass is 10.2. The summed E-state index contributed by atoms with van der Waals surface area (Å²) >= 11 is 1.85. The number of hydrogen-bond acceptors (Lipinski definition) is 5. The molecule has 2 aromatic rings. The summed E-state index contributed by atoms with van der Waals surface area (Å²) in [5.74, 6) is 0.755. The van der Waals surface area contributed by atoms with Crippen molar-refractivity contribution in [1.82, 2.24) is 15.5 Å². The van der Waals surface area contributed by atoms with Gasteiger partial charge in [-0.25, -0.2) is 0 Å². The molecular formula is C11H15N3OS. The maximum absolute atomic E-state index is 4.67. The lowest BCUT2D eigenvalue weighted by Gasteiger charge is -2.01. The van der Waals surface area contributed by atoms with Gasteiger partial charge in [0, 0.05) is 29.3 Å². The fourth-order valence-electron chi connectivity index (χ4n) is 1.58. The molecule has 5 heteroatoms. The topological polar surface area (TPSA) is 51.0 Å². The fraction of sp³-hybridized carbons (Fsp3) is 0.455. The largest absolute Gasteiger partial charge is 0.343 e. The molecule has 0 aliphatic rings. The average molecular weight is 237 g/mol. The van der Waals surface area contributed by atoms with Crippen molar-refractivity contribution in [1.29, 1.82) is 0 Å². The zero-order valence-electron chi connectivity index (χ0n) is 9.49. The Labute approximate surface area is 98.7 Å². The van der Waals surface area contributed by atoms with Crippen LogP contribution in [-0.2, 0) is 13.0 Å². The monoisotopic (exact) mass is 237 g/mol. The number of thiophene rings is 1. The van der Waals surface area contributed by atoms with Crippen LogP contribution < -0.4 is 5.32 Å². The summed E-state index contributed by atoms with van der Waals surface area (Å²) in [5, 5.41) is 7.14. The zero-order valence-corrected chi connectivity index (χ0v) is 10.3. The standard InChI is InChI=1S/C11H15N3OS/c1-8-5-10(9(2)16-8)6-12-4-3-11-13-7-15-14-11/h5,7,12H,3-4,6H2,1-2H3. The van der Waals surface area contributed by atoms with Crippen molar-refractivity contribution in [3.8, 4) is 0 Å². The van der Waals surface area contributed by atoms with Gasteiger partial charge in [0.05, 0.1) is 0 Å². The summed E-state index contributed by atoms with van der Waals surface area (Å²) in [6.07, 6.45) is 2.17. The lowest BCUT2D eigenvalue weighted by molar-refractivity contribution is 0.409. The summed E-state index contributed by atoms with van der Waals surface area (Å²) in [5.41, 5.74) is 1.38. The van der Waals surface area contributed by atoms with Crippen molar-refractivity contribution in [3.63, 3.8) is 0 Å². The second kappa shape index (κ2) is 5.23. The number of aryl methyl sites for hydroxylation is 2. The Morgan fingerprint density at radius 3 is 2.94 bits per heavy atom. The van der Waals surface area contributed by atoms with Gasteiger partial charge in [-0.2, -0.15) is 4.98 Å². The van der Waals surface area contributed by atoms with E-state index in [-0.39, 0.29) is 0 Å². The maximum Gasteiger partial charge on any atom is 0.213 e. The first-order chi connectivity index (χ1) is 7.75. The molecule has 86 valence electrons. The highest BCUT2D eigenvalue weighted by molar-refractivity contribution is 7.12. The quantitative estimate of drug-likeness (QED) is 0.809. The molecule has 0 spiro atoms. The molecule has 16 heavy (non-hydrogen) atoms. The summed E-state index contributed by atoms with van der Waals surface area (Å²) in [6.45, 7) is 6.08. The van der Waals surface area contributed by atoms with E-state index in [1.165, 1.54) is 21.7 Å². The van der Waals surface area contributed by atoms with Gasteiger partial charge < -0.3 is 9.84 Å². The summed E-state index contributed by atoms with van der Waals surface area (Å²) in [6, 6.07) is 2.24. The summed E-state index contributed by atoms with van der Waals surface area (Å²) < 4.78 is 4.67. The van der Waals surface area contributed by atoms with Gasteiger partial charge in [-0.1, -0.05) is 5.16 Å². The van der Waals surface area contributed by atoms with Crippen molar-refractivity contribution < 1.29 is 4.52 Å². The molecule has 4 nitrogen and oxygen atoms in total. The molecule has 0 bridgehead atoms. The van der Waals surface area contributed by atoms with Crippen LogP contribution in [0.4, 0.5) is 0 Å². The molecule has 0 aromatic carbocycles. The molecule has 0 saturated heterocycles. The van der Waals surface area contributed by atoms with Crippen LogP contribution in [0.2, 0.25) is 0 Å². The molecule has 2 aromatic heterocycles. The van der Waals surface area contributed by atoms with E-state index in [4.69, 9.17) is 0 Å². The smallest absolute Gasteiger partial charge is 0.213 e. The molecule has 0 fully saturated rings. The molecule has 0 aliphatic heterocycles. The van der Waals surface area contributed by atoms with Gasteiger partial charge in [0.1, 0.15) is 0 Å². The van der Waals surface area contributed by atoms with Crippen LogP contribution in [0.25, 0.3) is 0 Å².